The van der Waals surface area contributed by atoms with E-state index >= 15 is 0 Å². The van der Waals surface area contributed by atoms with Gasteiger partial charge in [-0.2, -0.15) is 0 Å². The van der Waals surface area contributed by atoms with E-state index in [1.165, 1.54) is 18.4 Å². The van der Waals surface area contributed by atoms with Crippen molar-refractivity contribution in [1.82, 2.24) is 4.98 Å². The van der Waals surface area contributed by atoms with E-state index < -0.39 is 0 Å². The van der Waals surface area contributed by atoms with Crippen LogP contribution in [0.15, 0.2) is 24.5 Å². The summed E-state index contributed by atoms with van der Waals surface area (Å²) in [6.07, 6.45) is 6.56. The highest BCUT2D eigenvalue weighted by atomic mass is 14.6. The molecule has 1 aliphatic rings. The molecule has 0 spiro atoms. The van der Waals surface area contributed by atoms with Gasteiger partial charge in [-0.1, -0.05) is 19.9 Å². The summed E-state index contributed by atoms with van der Waals surface area (Å²) >= 11 is 0. The third kappa shape index (κ3) is 1.04. The first-order chi connectivity index (χ1) is 5.76. The summed E-state index contributed by atoms with van der Waals surface area (Å²) in [4.78, 5) is 4.17. The van der Waals surface area contributed by atoms with Crippen molar-refractivity contribution in [2.75, 3.05) is 0 Å². The molecule has 1 aromatic heterocycles. The molecule has 2 rings (SSSR count). The Balaban J connectivity index is 2.31. The highest BCUT2D eigenvalue weighted by Gasteiger charge is 2.46. The highest BCUT2D eigenvalue weighted by molar-refractivity contribution is 5.29. The standard InChI is InChI=1S/C11H15N/c1-9(2)11(5-6-11)10-4-3-7-12-8-10/h3-4,7-9H,5-6H2,1-2H3. The molecular weight excluding hydrogens is 146 g/mol. The fourth-order valence-corrected chi connectivity index (χ4v) is 1.99. The third-order valence-electron chi connectivity index (χ3n) is 3.13. The molecule has 0 atom stereocenters. The largest absolute Gasteiger partial charge is 0.264 e. The minimum atomic E-state index is 0.480. The van der Waals surface area contributed by atoms with E-state index in [4.69, 9.17) is 0 Å². The monoisotopic (exact) mass is 161 g/mol. The van der Waals surface area contributed by atoms with Gasteiger partial charge in [0.1, 0.15) is 0 Å². The topological polar surface area (TPSA) is 12.9 Å². The maximum absolute atomic E-state index is 4.17. The van der Waals surface area contributed by atoms with Gasteiger partial charge in [0, 0.05) is 12.4 Å². The minimum Gasteiger partial charge on any atom is -0.264 e. The van der Waals surface area contributed by atoms with E-state index in [2.05, 4.69) is 24.9 Å². The number of hydrogen-bond acceptors (Lipinski definition) is 1. The van der Waals surface area contributed by atoms with Crippen molar-refractivity contribution in [3.05, 3.63) is 30.1 Å². The van der Waals surface area contributed by atoms with Crippen molar-refractivity contribution in [1.29, 1.82) is 0 Å². The molecule has 1 aromatic rings. The Labute approximate surface area is 73.8 Å². The Morgan fingerprint density at radius 3 is 2.58 bits per heavy atom. The van der Waals surface area contributed by atoms with Crippen molar-refractivity contribution in [2.45, 2.75) is 32.1 Å². The molecule has 1 heterocycles. The third-order valence-corrected chi connectivity index (χ3v) is 3.13. The highest BCUT2D eigenvalue weighted by Crippen LogP contribution is 2.53. The van der Waals surface area contributed by atoms with Crippen LogP contribution in [0.2, 0.25) is 0 Å². The Hall–Kier alpha value is -0.850. The molecule has 1 nitrogen and oxygen atoms in total. The van der Waals surface area contributed by atoms with Crippen LogP contribution in [0, 0.1) is 5.92 Å². The van der Waals surface area contributed by atoms with Gasteiger partial charge in [-0.05, 0) is 35.8 Å². The maximum atomic E-state index is 4.17. The molecule has 0 N–H and O–H groups in total. The molecule has 12 heavy (non-hydrogen) atoms. The normalized spacial score (nSPS) is 19.6. The summed E-state index contributed by atoms with van der Waals surface area (Å²) in [6.45, 7) is 4.61. The van der Waals surface area contributed by atoms with Gasteiger partial charge in [0.05, 0.1) is 0 Å². The molecule has 1 fully saturated rings. The average Bonchev–Trinajstić information content (AvgIpc) is 2.86. The van der Waals surface area contributed by atoms with Crippen LogP contribution in [0.1, 0.15) is 32.3 Å². The van der Waals surface area contributed by atoms with Gasteiger partial charge in [-0.15, -0.1) is 0 Å². The van der Waals surface area contributed by atoms with Gasteiger partial charge in [0.15, 0.2) is 0 Å². The lowest BCUT2D eigenvalue weighted by Crippen LogP contribution is -2.14. The molecule has 0 aromatic carbocycles. The van der Waals surface area contributed by atoms with Gasteiger partial charge in [0.2, 0.25) is 0 Å². The summed E-state index contributed by atoms with van der Waals surface area (Å²) in [5, 5.41) is 0. The summed E-state index contributed by atoms with van der Waals surface area (Å²) in [6, 6.07) is 4.25. The zero-order valence-corrected chi connectivity index (χ0v) is 7.75. The van der Waals surface area contributed by atoms with Crippen molar-refractivity contribution in [3.63, 3.8) is 0 Å². The zero-order chi connectivity index (χ0) is 8.60. The van der Waals surface area contributed by atoms with Crippen LogP contribution in [-0.2, 0) is 5.41 Å². The predicted molar refractivity (Wildman–Crippen MR) is 50.0 cm³/mol. The minimum absolute atomic E-state index is 0.480. The van der Waals surface area contributed by atoms with Gasteiger partial charge >= 0.3 is 0 Å². The maximum Gasteiger partial charge on any atom is 0.0305 e. The summed E-state index contributed by atoms with van der Waals surface area (Å²) in [7, 11) is 0. The Bertz CT molecular complexity index is 260. The molecule has 64 valence electrons. The van der Waals surface area contributed by atoms with Crippen molar-refractivity contribution in [2.24, 2.45) is 5.92 Å². The van der Waals surface area contributed by atoms with Crippen molar-refractivity contribution < 1.29 is 0 Å². The van der Waals surface area contributed by atoms with Gasteiger partial charge in [-0.3, -0.25) is 4.98 Å². The van der Waals surface area contributed by atoms with E-state index in [0.29, 0.717) is 5.41 Å². The second-order valence-electron chi connectivity index (χ2n) is 4.05. The molecule has 0 radical (unpaired) electrons. The quantitative estimate of drug-likeness (QED) is 0.650. The molecule has 0 unspecified atom stereocenters. The van der Waals surface area contributed by atoms with Crippen LogP contribution < -0.4 is 0 Å². The van der Waals surface area contributed by atoms with Crippen LogP contribution in [0.5, 0.6) is 0 Å². The second-order valence-corrected chi connectivity index (χ2v) is 4.05. The number of aromatic nitrogens is 1. The summed E-state index contributed by atoms with van der Waals surface area (Å²) in [5.74, 6) is 0.752. The summed E-state index contributed by atoms with van der Waals surface area (Å²) < 4.78 is 0. The zero-order valence-electron chi connectivity index (χ0n) is 7.75. The molecular formula is C11H15N. The van der Waals surface area contributed by atoms with Crippen LogP contribution in [0.4, 0.5) is 0 Å². The Kier molecular flexibility index (Phi) is 1.67. The van der Waals surface area contributed by atoms with Crippen LogP contribution in [0.25, 0.3) is 0 Å². The molecule has 1 saturated carbocycles. The van der Waals surface area contributed by atoms with Crippen molar-refractivity contribution in [3.8, 4) is 0 Å². The molecule has 0 saturated heterocycles. The smallest absolute Gasteiger partial charge is 0.0305 e. The van der Waals surface area contributed by atoms with Crippen LogP contribution in [-0.4, -0.2) is 4.98 Å². The van der Waals surface area contributed by atoms with Crippen LogP contribution >= 0.6 is 0 Å². The molecule has 0 amide bonds. The molecule has 0 bridgehead atoms. The van der Waals surface area contributed by atoms with Crippen LogP contribution in [0.3, 0.4) is 0 Å². The molecule has 0 aliphatic heterocycles. The van der Waals surface area contributed by atoms with E-state index in [-0.39, 0.29) is 0 Å². The second kappa shape index (κ2) is 2.58. The fourth-order valence-electron chi connectivity index (χ4n) is 1.99. The molecule has 1 heteroatoms. The van der Waals surface area contributed by atoms with E-state index in [9.17, 15) is 0 Å². The van der Waals surface area contributed by atoms with Crippen molar-refractivity contribution >= 4 is 0 Å². The van der Waals surface area contributed by atoms with Gasteiger partial charge < -0.3 is 0 Å². The lowest BCUT2D eigenvalue weighted by molar-refractivity contribution is 0.480. The van der Waals surface area contributed by atoms with E-state index in [0.717, 1.165) is 5.92 Å². The first-order valence-electron chi connectivity index (χ1n) is 4.66. The van der Waals surface area contributed by atoms with E-state index in [1.54, 1.807) is 0 Å². The van der Waals surface area contributed by atoms with Gasteiger partial charge in [-0.25, -0.2) is 0 Å². The first-order valence-corrected chi connectivity index (χ1v) is 4.66. The summed E-state index contributed by atoms with van der Waals surface area (Å²) in [5.41, 5.74) is 1.91. The fraction of sp³-hybridized carbons (Fsp3) is 0.545. The average molecular weight is 161 g/mol. The lowest BCUT2D eigenvalue weighted by atomic mass is 9.86. The van der Waals surface area contributed by atoms with E-state index in [1.807, 2.05) is 18.5 Å². The SMILES string of the molecule is CC(C)C1(c2cccnc2)CC1. The number of hydrogen-bond donors (Lipinski definition) is 0. The number of pyridine rings is 1. The number of nitrogens with zero attached hydrogens (tertiary/aromatic N) is 1. The lowest BCUT2D eigenvalue weighted by Gasteiger charge is -2.19. The van der Waals surface area contributed by atoms with Gasteiger partial charge in [0.25, 0.3) is 0 Å². The first kappa shape index (κ1) is 7.78. The Morgan fingerprint density at radius 2 is 2.17 bits per heavy atom. The Morgan fingerprint density at radius 1 is 1.42 bits per heavy atom. The predicted octanol–water partition coefficient (Wildman–Crippen LogP) is 2.77. The number of rotatable bonds is 2. The molecule has 1 aliphatic carbocycles.